The van der Waals surface area contributed by atoms with E-state index in [4.69, 9.17) is 9.15 Å². The third kappa shape index (κ3) is 2.61. The van der Waals surface area contributed by atoms with E-state index in [1.807, 2.05) is 19.1 Å². The van der Waals surface area contributed by atoms with Crippen molar-refractivity contribution in [2.45, 2.75) is 18.9 Å². The normalized spacial score (nSPS) is 19.5. The van der Waals surface area contributed by atoms with Crippen LogP contribution in [0.15, 0.2) is 65.3 Å². The third-order valence-corrected chi connectivity index (χ3v) is 4.78. The molecule has 4 rings (SSSR count). The highest BCUT2D eigenvalue weighted by Gasteiger charge is 2.41. The number of fused-ring (bicyclic) bond motifs is 1. The van der Waals surface area contributed by atoms with Crippen LogP contribution >= 0.6 is 0 Å². The van der Waals surface area contributed by atoms with Crippen LogP contribution in [0.25, 0.3) is 11.1 Å². The predicted molar refractivity (Wildman–Crippen MR) is 96.2 cm³/mol. The van der Waals surface area contributed by atoms with E-state index in [1.165, 1.54) is 6.07 Å². The number of carbonyl (C=O) groups is 1. The van der Waals surface area contributed by atoms with Crippen molar-refractivity contribution >= 4 is 11.6 Å². The molecule has 0 fully saturated rings. The average Bonchev–Trinajstić information content (AvgIpc) is 3.15. The molecule has 1 unspecified atom stereocenters. The van der Waals surface area contributed by atoms with Gasteiger partial charge in [0.25, 0.3) is 0 Å². The fourth-order valence-corrected chi connectivity index (χ4v) is 3.48. The molecule has 0 spiro atoms. The second kappa shape index (κ2) is 6.42. The molecular formula is C21H18FNO3. The largest absolute Gasteiger partial charge is 0.466 e. The van der Waals surface area contributed by atoms with Gasteiger partial charge in [-0.05, 0) is 42.3 Å². The van der Waals surface area contributed by atoms with Gasteiger partial charge in [0.2, 0.25) is 5.91 Å². The molecule has 0 saturated heterocycles. The Kier molecular flexibility index (Phi) is 4.09. The number of carbonyl (C=O) groups excluding carboxylic acids is 1. The molecule has 1 N–H and O–H groups in total. The zero-order chi connectivity index (χ0) is 18.1. The number of amides is 1. The van der Waals surface area contributed by atoms with Crippen molar-refractivity contribution in [1.82, 2.24) is 0 Å². The Bertz CT molecular complexity index is 952. The van der Waals surface area contributed by atoms with Crippen LogP contribution in [0.2, 0.25) is 0 Å². The van der Waals surface area contributed by atoms with Gasteiger partial charge in [0, 0.05) is 16.8 Å². The SMILES string of the molecule is CCC1(c2ccco2)OCC(=O)Nc2ccc(-c3ccccc3F)cc21. The fraction of sp³-hybridized carbons (Fsp3) is 0.190. The van der Waals surface area contributed by atoms with Crippen LogP contribution < -0.4 is 5.32 Å². The Morgan fingerprint density at radius 2 is 2.00 bits per heavy atom. The number of hydrogen-bond donors (Lipinski definition) is 1. The van der Waals surface area contributed by atoms with Crippen molar-refractivity contribution < 1.29 is 18.3 Å². The molecule has 2 heterocycles. The van der Waals surface area contributed by atoms with Crippen molar-refractivity contribution in [3.8, 4) is 11.1 Å². The summed E-state index contributed by atoms with van der Waals surface area (Å²) in [5.41, 5.74) is 1.69. The molecule has 26 heavy (non-hydrogen) atoms. The van der Waals surface area contributed by atoms with Gasteiger partial charge >= 0.3 is 0 Å². The highest BCUT2D eigenvalue weighted by atomic mass is 19.1. The summed E-state index contributed by atoms with van der Waals surface area (Å²) in [5.74, 6) is 0.0846. The number of anilines is 1. The number of benzene rings is 2. The molecule has 3 aromatic rings. The van der Waals surface area contributed by atoms with Gasteiger partial charge in [0.1, 0.15) is 18.2 Å². The summed E-state index contributed by atoms with van der Waals surface area (Å²) in [6, 6.07) is 15.7. The minimum Gasteiger partial charge on any atom is -0.466 e. The van der Waals surface area contributed by atoms with Gasteiger partial charge in [-0.15, -0.1) is 0 Å². The van der Waals surface area contributed by atoms with E-state index in [0.717, 1.165) is 5.56 Å². The molecule has 132 valence electrons. The lowest BCUT2D eigenvalue weighted by molar-refractivity contribution is -0.126. The first kappa shape index (κ1) is 16.5. The number of furan rings is 1. The molecule has 1 atom stereocenters. The first-order valence-electron chi connectivity index (χ1n) is 8.51. The molecular weight excluding hydrogens is 333 g/mol. The third-order valence-electron chi connectivity index (χ3n) is 4.78. The van der Waals surface area contributed by atoms with Gasteiger partial charge in [-0.2, -0.15) is 0 Å². The first-order valence-corrected chi connectivity index (χ1v) is 8.51. The maximum Gasteiger partial charge on any atom is 0.250 e. The maximum absolute atomic E-state index is 14.3. The number of halogens is 1. The van der Waals surface area contributed by atoms with Crippen molar-refractivity contribution in [2.75, 3.05) is 11.9 Å². The standard InChI is InChI=1S/C21H18FNO3/c1-2-21(19-8-5-11-25-19)16-12-14(15-6-3-4-7-17(15)22)9-10-18(16)23-20(24)13-26-21/h3-12H,2,13H2,1H3,(H,23,24). The second-order valence-electron chi connectivity index (χ2n) is 6.23. The quantitative estimate of drug-likeness (QED) is 0.744. The van der Waals surface area contributed by atoms with Crippen LogP contribution in [0.3, 0.4) is 0 Å². The van der Waals surface area contributed by atoms with Crippen LogP contribution in [-0.2, 0) is 15.1 Å². The van der Waals surface area contributed by atoms with Gasteiger partial charge < -0.3 is 14.5 Å². The minimum atomic E-state index is -0.917. The Hall–Kier alpha value is -2.92. The molecule has 0 radical (unpaired) electrons. The predicted octanol–water partition coefficient (Wildman–Crippen LogP) is 4.71. The van der Waals surface area contributed by atoms with E-state index >= 15 is 0 Å². The summed E-state index contributed by atoms with van der Waals surface area (Å²) in [4.78, 5) is 12.1. The van der Waals surface area contributed by atoms with Gasteiger partial charge in [0.15, 0.2) is 5.60 Å². The van der Waals surface area contributed by atoms with Crippen LogP contribution in [0, 0.1) is 5.82 Å². The lowest BCUT2D eigenvalue weighted by atomic mass is 9.85. The van der Waals surface area contributed by atoms with E-state index in [2.05, 4.69) is 5.32 Å². The highest BCUT2D eigenvalue weighted by molar-refractivity contribution is 5.94. The molecule has 5 heteroatoms. The van der Waals surface area contributed by atoms with Crippen molar-refractivity contribution in [2.24, 2.45) is 0 Å². The topological polar surface area (TPSA) is 51.5 Å². The zero-order valence-corrected chi connectivity index (χ0v) is 14.3. The number of rotatable bonds is 3. The molecule has 1 aliphatic rings. The Balaban J connectivity index is 1.95. The molecule has 4 nitrogen and oxygen atoms in total. The molecule has 0 saturated carbocycles. The molecule has 2 aromatic carbocycles. The zero-order valence-electron chi connectivity index (χ0n) is 14.3. The Labute approximate surface area is 150 Å². The first-order chi connectivity index (χ1) is 12.6. The summed E-state index contributed by atoms with van der Waals surface area (Å²) in [6.45, 7) is 1.89. The monoisotopic (exact) mass is 351 g/mol. The Morgan fingerprint density at radius 1 is 1.15 bits per heavy atom. The van der Waals surface area contributed by atoms with E-state index in [9.17, 15) is 9.18 Å². The number of ether oxygens (including phenoxy) is 1. The molecule has 0 aliphatic carbocycles. The van der Waals surface area contributed by atoms with Gasteiger partial charge in [-0.25, -0.2) is 4.39 Å². The average molecular weight is 351 g/mol. The van der Waals surface area contributed by atoms with Gasteiger partial charge in [0.05, 0.1) is 6.26 Å². The van der Waals surface area contributed by atoms with E-state index in [0.29, 0.717) is 29.0 Å². The summed E-state index contributed by atoms with van der Waals surface area (Å²) in [7, 11) is 0. The lowest BCUT2D eigenvalue weighted by Crippen LogP contribution is -2.30. The highest BCUT2D eigenvalue weighted by Crippen LogP contribution is 2.44. The molecule has 1 aromatic heterocycles. The van der Waals surface area contributed by atoms with E-state index in [-0.39, 0.29) is 18.3 Å². The number of hydrogen-bond acceptors (Lipinski definition) is 3. The molecule has 1 amide bonds. The Morgan fingerprint density at radius 3 is 2.73 bits per heavy atom. The maximum atomic E-state index is 14.3. The van der Waals surface area contributed by atoms with Crippen LogP contribution in [0.4, 0.5) is 10.1 Å². The summed E-state index contributed by atoms with van der Waals surface area (Å²) >= 11 is 0. The summed E-state index contributed by atoms with van der Waals surface area (Å²) in [5, 5.41) is 2.87. The minimum absolute atomic E-state index is 0.0851. The fourth-order valence-electron chi connectivity index (χ4n) is 3.48. The molecule has 1 aliphatic heterocycles. The van der Waals surface area contributed by atoms with Crippen molar-refractivity contribution in [3.05, 3.63) is 78.0 Å². The smallest absolute Gasteiger partial charge is 0.250 e. The van der Waals surface area contributed by atoms with Crippen molar-refractivity contribution in [3.63, 3.8) is 0 Å². The lowest BCUT2D eigenvalue weighted by Gasteiger charge is -2.31. The van der Waals surface area contributed by atoms with E-state index in [1.54, 1.807) is 42.7 Å². The van der Waals surface area contributed by atoms with Crippen LogP contribution in [-0.4, -0.2) is 12.5 Å². The number of nitrogens with one attached hydrogen (secondary N) is 1. The van der Waals surface area contributed by atoms with E-state index < -0.39 is 5.60 Å². The van der Waals surface area contributed by atoms with Gasteiger partial charge in [-0.3, -0.25) is 4.79 Å². The van der Waals surface area contributed by atoms with Gasteiger partial charge in [-0.1, -0.05) is 31.2 Å². The molecule has 0 bridgehead atoms. The van der Waals surface area contributed by atoms with Crippen LogP contribution in [0.1, 0.15) is 24.7 Å². The van der Waals surface area contributed by atoms with Crippen LogP contribution in [0.5, 0.6) is 0 Å². The summed E-state index contributed by atoms with van der Waals surface area (Å²) in [6.07, 6.45) is 2.14. The second-order valence-corrected chi connectivity index (χ2v) is 6.23. The summed E-state index contributed by atoms with van der Waals surface area (Å²) < 4.78 is 26.0. The van der Waals surface area contributed by atoms with Crippen molar-refractivity contribution in [1.29, 1.82) is 0 Å².